The summed E-state index contributed by atoms with van der Waals surface area (Å²) in [4.78, 5) is 32.1. The quantitative estimate of drug-likeness (QED) is 0.354. The molecule has 1 N–H and O–H groups in total. The molecule has 2 aromatic carbocycles. The average molecular weight is 522 g/mol. The van der Waals surface area contributed by atoms with Crippen molar-refractivity contribution in [3.8, 4) is 22.1 Å². The van der Waals surface area contributed by atoms with E-state index in [1.807, 2.05) is 43.5 Å². The maximum atomic E-state index is 13.1. The summed E-state index contributed by atoms with van der Waals surface area (Å²) in [6.45, 7) is 4.72. The van der Waals surface area contributed by atoms with Crippen LogP contribution in [0.4, 0.5) is 11.5 Å². The van der Waals surface area contributed by atoms with E-state index in [2.05, 4.69) is 10.4 Å². The maximum absolute atomic E-state index is 13.1. The summed E-state index contributed by atoms with van der Waals surface area (Å²) in [5.41, 5.74) is 3.24. The number of hydrogen-bond donors (Lipinski definition) is 1. The Labute approximate surface area is 217 Å². The number of carbonyl (C=O) groups excluding carboxylic acids is 2. The molecule has 5 rings (SSSR count). The summed E-state index contributed by atoms with van der Waals surface area (Å²) in [7, 11) is 0. The summed E-state index contributed by atoms with van der Waals surface area (Å²) >= 11 is 7.39. The van der Waals surface area contributed by atoms with Crippen molar-refractivity contribution in [1.82, 2.24) is 14.8 Å². The van der Waals surface area contributed by atoms with Crippen LogP contribution in [-0.4, -0.2) is 39.7 Å². The van der Waals surface area contributed by atoms with Crippen molar-refractivity contribution >= 4 is 46.3 Å². The zero-order chi connectivity index (χ0) is 25.2. The number of amides is 2. The molecule has 10 heteroatoms. The lowest BCUT2D eigenvalue weighted by atomic mass is 10.1. The van der Waals surface area contributed by atoms with Gasteiger partial charge in [-0.1, -0.05) is 11.6 Å². The molecule has 36 heavy (non-hydrogen) atoms. The number of nitrogens with zero attached hydrogens (tertiary/aromatic N) is 4. The van der Waals surface area contributed by atoms with Crippen molar-refractivity contribution in [1.29, 1.82) is 0 Å². The second kappa shape index (κ2) is 10.1. The Kier molecular flexibility index (Phi) is 6.75. The molecule has 0 spiro atoms. The van der Waals surface area contributed by atoms with E-state index in [-0.39, 0.29) is 18.2 Å². The normalized spacial score (nSPS) is 15.4. The fourth-order valence-corrected chi connectivity index (χ4v) is 5.02. The molecule has 184 valence electrons. The Balaban J connectivity index is 1.31. The Morgan fingerprint density at radius 2 is 1.94 bits per heavy atom. The van der Waals surface area contributed by atoms with Crippen LogP contribution in [0.5, 0.6) is 5.75 Å². The molecule has 0 bridgehead atoms. The predicted molar refractivity (Wildman–Crippen MR) is 141 cm³/mol. The summed E-state index contributed by atoms with van der Waals surface area (Å²) in [6, 6.07) is 16.6. The molecular formula is C26H24ClN5O3S. The van der Waals surface area contributed by atoms with E-state index in [0.29, 0.717) is 29.1 Å². The summed E-state index contributed by atoms with van der Waals surface area (Å²) in [5.74, 6) is 0.519. The maximum Gasteiger partial charge on any atom is 0.230 e. The van der Waals surface area contributed by atoms with Gasteiger partial charge in [-0.05, 0) is 62.4 Å². The van der Waals surface area contributed by atoms with Gasteiger partial charge >= 0.3 is 0 Å². The number of aromatic nitrogens is 3. The molecule has 8 nitrogen and oxygen atoms in total. The third kappa shape index (κ3) is 4.98. The highest BCUT2D eigenvalue weighted by Crippen LogP contribution is 2.30. The van der Waals surface area contributed by atoms with Gasteiger partial charge in [-0.3, -0.25) is 9.59 Å². The van der Waals surface area contributed by atoms with Crippen LogP contribution < -0.4 is 15.0 Å². The first-order chi connectivity index (χ1) is 17.4. The minimum Gasteiger partial charge on any atom is -0.494 e. The predicted octanol–water partition coefficient (Wildman–Crippen LogP) is 5.35. The summed E-state index contributed by atoms with van der Waals surface area (Å²) in [5, 5.41) is 10.7. The van der Waals surface area contributed by atoms with Crippen molar-refractivity contribution < 1.29 is 14.3 Å². The van der Waals surface area contributed by atoms with Gasteiger partial charge in [-0.25, -0.2) is 4.98 Å². The topological polar surface area (TPSA) is 89.3 Å². The Morgan fingerprint density at radius 1 is 1.19 bits per heavy atom. The van der Waals surface area contributed by atoms with E-state index in [1.54, 1.807) is 39.9 Å². The number of aryl methyl sites for hydroxylation is 1. The second-order valence-electron chi connectivity index (χ2n) is 8.43. The number of thiazole rings is 1. The van der Waals surface area contributed by atoms with Crippen LogP contribution in [0.3, 0.4) is 0 Å². The van der Waals surface area contributed by atoms with E-state index in [4.69, 9.17) is 21.3 Å². The summed E-state index contributed by atoms with van der Waals surface area (Å²) in [6.07, 6.45) is 0.140. The highest BCUT2D eigenvalue weighted by atomic mass is 35.5. The lowest BCUT2D eigenvalue weighted by molar-refractivity contribution is -0.122. The molecular weight excluding hydrogens is 498 g/mol. The van der Waals surface area contributed by atoms with Crippen LogP contribution in [0, 0.1) is 12.8 Å². The summed E-state index contributed by atoms with van der Waals surface area (Å²) < 4.78 is 7.14. The molecule has 1 fully saturated rings. The van der Waals surface area contributed by atoms with E-state index < -0.39 is 5.92 Å². The molecule has 2 aromatic heterocycles. The highest BCUT2D eigenvalue weighted by molar-refractivity contribution is 7.12. The van der Waals surface area contributed by atoms with Crippen molar-refractivity contribution in [3.05, 3.63) is 70.7 Å². The molecule has 1 saturated heterocycles. The van der Waals surface area contributed by atoms with Gasteiger partial charge in [-0.2, -0.15) is 9.78 Å². The van der Waals surface area contributed by atoms with Gasteiger partial charge in [0.25, 0.3) is 0 Å². The molecule has 0 saturated carbocycles. The zero-order valence-electron chi connectivity index (χ0n) is 19.8. The van der Waals surface area contributed by atoms with Crippen LogP contribution in [0.2, 0.25) is 5.02 Å². The van der Waals surface area contributed by atoms with Crippen LogP contribution in [0.15, 0.2) is 60.0 Å². The minimum atomic E-state index is -0.479. The van der Waals surface area contributed by atoms with E-state index in [9.17, 15) is 9.59 Å². The fourth-order valence-electron chi connectivity index (χ4n) is 4.10. The van der Waals surface area contributed by atoms with E-state index in [0.717, 1.165) is 28.4 Å². The van der Waals surface area contributed by atoms with Crippen LogP contribution in [-0.2, 0) is 9.59 Å². The molecule has 1 atom stereocenters. The SMILES string of the molecule is CCOc1ccc(-c2csc(-n3nc(C)cc3NC(=O)C3CC(=O)N(c4ccc(Cl)cc4)C3)n2)cc1. The van der Waals surface area contributed by atoms with Gasteiger partial charge in [0, 0.05) is 40.7 Å². The number of nitrogens with one attached hydrogen (secondary N) is 1. The van der Waals surface area contributed by atoms with Crippen molar-refractivity contribution in [3.63, 3.8) is 0 Å². The lowest BCUT2D eigenvalue weighted by Gasteiger charge is -2.16. The molecule has 3 heterocycles. The van der Waals surface area contributed by atoms with Crippen LogP contribution in [0.25, 0.3) is 16.4 Å². The van der Waals surface area contributed by atoms with Crippen molar-refractivity contribution in [2.45, 2.75) is 20.3 Å². The van der Waals surface area contributed by atoms with Crippen LogP contribution in [0.1, 0.15) is 19.0 Å². The fraction of sp³-hybridized carbons (Fsp3) is 0.231. The third-order valence-corrected chi connectivity index (χ3v) is 6.92. The smallest absolute Gasteiger partial charge is 0.230 e. The Morgan fingerprint density at radius 3 is 2.67 bits per heavy atom. The van der Waals surface area contributed by atoms with Gasteiger partial charge in [0.1, 0.15) is 11.6 Å². The molecule has 0 aliphatic carbocycles. The van der Waals surface area contributed by atoms with Crippen molar-refractivity contribution in [2.24, 2.45) is 5.92 Å². The second-order valence-corrected chi connectivity index (χ2v) is 9.70. The minimum absolute atomic E-state index is 0.0953. The largest absolute Gasteiger partial charge is 0.494 e. The van der Waals surface area contributed by atoms with Gasteiger partial charge in [0.05, 0.1) is 23.9 Å². The van der Waals surface area contributed by atoms with Gasteiger partial charge in [0.15, 0.2) is 0 Å². The Bertz CT molecular complexity index is 1400. The van der Waals surface area contributed by atoms with E-state index >= 15 is 0 Å². The standard InChI is InChI=1S/C26H24ClN5O3S/c1-3-35-21-10-4-17(5-11-21)22-15-36-26(28-22)32-23(12-16(2)30-32)29-25(34)18-13-24(33)31(14-18)20-8-6-19(27)7-9-20/h4-12,15,18H,3,13-14H2,1-2H3,(H,29,34). The number of ether oxygens (including phenoxy) is 1. The van der Waals surface area contributed by atoms with Gasteiger partial charge < -0.3 is 15.0 Å². The lowest BCUT2D eigenvalue weighted by Crippen LogP contribution is -2.28. The van der Waals surface area contributed by atoms with Crippen molar-refractivity contribution in [2.75, 3.05) is 23.4 Å². The molecule has 1 aliphatic heterocycles. The first kappa shape index (κ1) is 24.0. The molecule has 0 radical (unpaired) electrons. The monoisotopic (exact) mass is 521 g/mol. The first-order valence-corrected chi connectivity index (χ1v) is 12.8. The number of hydrogen-bond acceptors (Lipinski definition) is 6. The first-order valence-electron chi connectivity index (χ1n) is 11.5. The molecule has 2 amide bonds. The Hall–Kier alpha value is -3.69. The number of carbonyl (C=O) groups is 2. The molecule has 4 aromatic rings. The van der Waals surface area contributed by atoms with Gasteiger partial charge in [0.2, 0.25) is 16.9 Å². The number of rotatable bonds is 7. The number of halogens is 1. The molecule has 1 aliphatic rings. The van der Waals surface area contributed by atoms with Crippen LogP contribution >= 0.6 is 22.9 Å². The third-order valence-electron chi connectivity index (χ3n) is 5.85. The van der Waals surface area contributed by atoms with Gasteiger partial charge in [-0.15, -0.1) is 11.3 Å². The average Bonchev–Trinajstić information content (AvgIpc) is 3.59. The molecule has 1 unspecified atom stereocenters. The van der Waals surface area contributed by atoms with E-state index in [1.165, 1.54) is 11.3 Å². The zero-order valence-corrected chi connectivity index (χ0v) is 21.3. The number of benzene rings is 2. The number of anilines is 2. The highest BCUT2D eigenvalue weighted by Gasteiger charge is 2.35.